The maximum Gasteiger partial charge on any atom is 0.416 e. The number of nitrogens with zero attached hydrogens (tertiary/aromatic N) is 12. The third kappa shape index (κ3) is 21.3. The minimum Gasteiger partial charge on any atom is -0.378 e. The van der Waals surface area contributed by atoms with Gasteiger partial charge < -0.3 is 44.9 Å². The van der Waals surface area contributed by atoms with Crippen LogP contribution in [-0.2, 0) is 32.7 Å². The Morgan fingerprint density at radius 3 is 1.14 bits per heavy atom. The highest BCUT2D eigenvalue weighted by Crippen LogP contribution is 2.36. The molecule has 0 bridgehead atoms. The van der Waals surface area contributed by atoms with Crippen molar-refractivity contribution in [3.05, 3.63) is 194 Å². The van der Waals surface area contributed by atoms with Crippen LogP contribution >= 0.6 is 31.9 Å². The highest BCUT2D eigenvalue weighted by atomic mass is 79.9. The van der Waals surface area contributed by atoms with Gasteiger partial charge in [0, 0.05) is 60.8 Å². The first kappa shape index (κ1) is 76.6. The molecule has 12 rings (SSSR count). The van der Waals surface area contributed by atoms with Crippen molar-refractivity contribution in [1.29, 1.82) is 0 Å². The molecule has 3 amide bonds. The molecule has 3 fully saturated rings. The van der Waals surface area contributed by atoms with E-state index in [2.05, 4.69) is 125 Å². The molecule has 0 saturated carbocycles. The minimum absolute atomic E-state index is 0.00511. The van der Waals surface area contributed by atoms with Gasteiger partial charge in [-0.05, 0) is 117 Å². The fourth-order valence-corrected chi connectivity index (χ4v) is 10.6. The first-order valence-electron chi connectivity index (χ1n) is 31.0. The summed E-state index contributed by atoms with van der Waals surface area (Å²) in [5.41, 5.74) is 14.7. The second-order valence-corrected chi connectivity index (χ2v) is 23.9. The number of aryl methyl sites for hydroxylation is 1. The standard InChI is InChI=1S/C22H21F4N7O2.2C21H18BrF4N7O2/c1-13-9-17(27-12-18(13)29-15-4-2-3-14(10-15)22(24,25)26)20(34)31-32-21-28-11-16(23)19(30-21)33-5-7-35-8-6-33;22-14-9-16(27-11-17(14)29-13-3-1-2-12(8-13)21(24,25)26)19(34)31-32-20-28-10-15(23)18(30-20)33-4-6-35-7-5-33;22-15-9-14(29-13-3-1-2-12(8-13)21(24,25)26)10-27-17(15)19(34)31-32-20-28-11-16(23)18(30-20)33-4-6-35-7-5-33/h2-4,9-12,29H,5-8H2,1H3,(H,31,34)(H,28,30,32);2*1-3,8-11,29H,4-7H2,(H,31,34)(H,28,30,32). The van der Waals surface area contributed by atoms with Gasteiger partial charge in [-0.2, -0.15) is 54.5 Å². The van der Waals surface area contributed by atoms with E-state index < -0.39 is 70.4 Å². The summed E-state index contributed by atoms with van der Waals surface area (Å²) in [4.78, 5) is 78.6. The van der Waals surface area contributed by atoms with Crippen molar-refractivity contribution < 1.29 is 81.3 Å². The Bertz CT molecular complexity index is 4370. The van der Waals surface area contributed by atoms with Gasteiger partial charge in [-0.15, -0.1) is 0 Å². The first-order valence-corrected chi connectivity index (χ1v) is 32.6. The molecule has 9 heterocycles. The van der Waals surface area contributed by atoms with Crippen LogP contribution in [0.25, 0.3) is 0 Å². The van der Waals surface area contributed by atoms with Crippen molar-refractivity contribution in [3.63, 3.8) is 0 Å². The quantitative estimate of drug-likeness (QED) is 0.0285. The molecule has 0 aliphatic carbocycles. The fraction of sp³-hybridized carbons (Fsp3) is 0.250. The second-order valence-electron chi connectivity index (χ2n) is 22.2. The van der Waals surface area contributed by atoms with E-state index in [0.717, 1.165) is 55.0 Å². The summed E-state index contributed by atoms with van der Waals surface area (Å²) < 4.78 is 175. The molecule has 3 aromatic carbocycles. The van der Waals surface area contributed by atoms with Crippen molar-refractivity contribution in [2.24, 2.45) is 0 Å². The van der Waals surface area contributed by atoms with Gasteiger partial charge in [-0.3, -0.25) is 46.9 Å². The number of pyridine rings is 3. The summed E-state index contributed by atoms with van der Waals surface area (Å²) in [6, 6.07) is 18.5. The summed E-state index contributed by atoms with van der Waals surface area (Å²) in [6.07, 6.45) is -6.48. The summed E-state index contributed by atoms with van der Waals surface area (Å²) in [5.74, 6) is -3.49. The topological polar surface area (TPSA) is 313 Å². The largest absolute Gasteiger partial charge is 0.416 e. The molecule has 3 aliphatic rings. The lowest BCUT2D eigenvalue weighted by atomic mass is 10.1. The van der Waals surface area contributed by atoms with Crippen LogP contribution in [0.5, 0.6) is 0 Å². The van der Waals surface area contributed by atoms with Crippen LogP contribution in [0, 0.1) is 24.4 Å². The summed E-state index contributed by atoms with van der Waals surface area (Å²) in [5, 5.41) is 8.51. The third-order valence-corrected chi connectivity index (χ3v) is 16.1. The Kier molecular flexibility index (Phi) is 25.2. The maximum atomic E-state index is 14.1. The van der Waals surface area contributed by atoms with Crippen molar-refractivity contribution in [2.75, 3.05) is 126 Å². The van der Waals surface area contributed by atoms with E-state index in [1.165, 1.54) is 73.2 Å². The highest BCUT2D eigenvalue weighted by Gasteiger charge is 2.33. The molecule has 41 heteroatoms. The summed E-state index contributed by atoms with van der Waals surface area (Å²) in [6.45, 7) is 7.20. The zero-order valence-electron chi connectivity index (χ0n) is 54.2. The van der Waals surface area contributed by atoms with E-state index in [1.807, 2.05) is 0 Å². The summed E-state index contributed by atoms with van der Waals surface area (Å²) in [7, 11) is 0. The van der Waals surface area contributed by atoms with E-state index in [0.29, 0.717) is 106 Å². The number of nitrogens with one attached hydrogen (secondary N) is 9. The zero-order valence-corrected chi connectivity index (χ0v) is 57.4. The van der Waals surface area contributed by atoms with Crippen molar-refractivity contribution in [2.45, 2.75) is 25.5 Å². The molecular formula is C64H57Br2F12N21O6. The zero-order chi connectivity index (χ0) is 75.0. The Morgan fingerprint density at radius 2 is 0.771 bits per heavy atom. The normalized spacial score (nSPS) is 13.9. The molecule has 9 N–H and O–H groups in total. The van der Waals surface area contributed by atoms with Gasteiger partial charge in [0.05, 0.1) is 115 Å². The van der Waals surface area contributed by atoms with Crippen molar-refractivity contribution in [3.8, 4) is 0 Å². The van der Waals surface area contributed by atoms with Crippen LogP contribution in [0.15, 0.2) is 137 Å². The van der Waals surface area contributed by atoms with Gasteiger partial charge in [-0.25, -0.2) is 43.1 Å². The molecule has 9 aromatic rings. The number of aromatic nitrogens is 9. The van der Waals surface area contributed by atoms with Crippen molar-refractivity contribution in [1.82, 2.24) is 61.1 Å². The SMILES string of the molecule is Cc1cc(C(=O)NNc2ncc(F)c(N3CCOCC3)n2)ncc1Nc1cccc(C(F)(F)F)c1.O=C(NNc1ncc(F)c(N2CCOCC2)n1)c1cc(Br)c(Nc2cccc(C(F)(F)F)c2)cn1.O=C(NNc1ncc(F)c(N2CCOCC2)n1)c1ncc(Nc2cccc(C(F)(F)F)c2)cc1Br. The van der Waals surface area contributed by atoms with Gasteiger partial charge >= 0.3 is 18.5 Å². The number of carbonyl (C=O) groups is 3. The van der Waals surface area contributed by atoms with Crippen LogP contribution in [0.2, 0.25) is 0 Å². The van der Waals surface area contributed by atoms with Gasteiger partial charge in [0.15, 0.2) is 34.9 Å². The minimum atomic E-state index is -4.47. The van der Waals surface area contributed by atoms with E-state index in [1.54, 1.807) is 21.6 Å². The van der Waals surface area contributed by atoms with Gasteiger partial charge in [0.25, 0.3) is 17.7 Å². The molecule has 0 unspecified atom stereocenters. The Balaban J connectivity index is 0.000000169. The third-order valence-electron chi connectivity index (χ3n) is 14.9. The number of alkyl halides is 9. The smallest absolute Gasteiger partial charge is 0.378 e. The fourth-order valence-electron chi connectivity index (χ4n) is 9.70. The summed E-state index contributed by atoms with van der Waals surface area (Å²) >= 11 is 6.52. The molecular weight excluding hydrogens is 1550 g/mol. The highest BCUT2D eigenvalue weighted by molar-refractivity contribution is 9.11. The lowest BCUT2D eigenvalue weighted by Gasteiger charge is -2.28. The van der Waals surface area contributed by atoms with Crippen LogP contribution in [0.1, 0.15) is 53.7 Å². The maximum absolute atomic E-state index is 14.1. The van der Waals surface area contributed by atoms with Crippen molar-refractivity contribution >= 4 is 119 Å². The molecule has 552 valence electrons. The van der Waals surface area contributed by atoms with E-state index >= 15 is 0 Å². The molecule has 0 spiro atoms. The predicted molar refractivity (Wildman–Crippen MR) is 365 cm³/mol. The van der Waals surface area contributed by atoms with E-state index in [-0.39, 0.29) is 73.9 Å². The first-order chi connectivity index (χ1) is 50.1. The number of benzene rings is 3. The molecule has 0 radical (unpaired) electrons. The molecule has 3 saturated heterocycles. The average molecular weight is 1600 g/mol. The predicted octanol–water partition coefficient (Wildman–Crippen LogP) is 11.9. The van der Waals surface area contributed by atoms with Crippen LogP contribution in [0.3, 0.4) is 0 Å². The molecule has 6 aromatic heterocycles. The number of ether oxygens (including phenoxy) is 3. The number of halogens is 14. The lowest BCUT2D eigenvalue weighted by Crippen LogP contribution is -2.38. The van der Waals surface area contributed by atoms with E-state index in [4.69, 9.17) is 14.2 Å². The number of anilines is 12. The number of hydrazine groups is 3. The van der Waals surface area contributed by atoms with Crippen LogP contribution in [0.4, 0.5) is 122 Å². The molecule has 27 nitrogen and oxygen atoms in total. The van der Waals surface area contributed by atoms with Gasteiger partial charge in [0.2, 0.25) is 17.8 Å². The molecule has 0 atom stereocenters. The number of hydrogen-bond donors (Lipinski definition) is 9. The average Bonchev–Trinajstić information content (AvgIpc) is 0.857. The number of amides is 3. The van der Waals surface area contributed by atoms with Crippen LogP contribution < -0.4 is 63.2 Å². The number of hydrogen-bond acceptors (Lipinski definition) is 24. The number of rotatable bonds is 18. The lowest BCUT2D eigenvalue weighted by molar-refractivity contribution is -0.138. The molecule has 3 aliphatic heterocycles. The Morgan fingerprint density at radius 1 is 0.410 bits per heavy atom. The number of carbonyl (C=O) groups excluding carboxylic acids is 3. The van der Waals surface area contributed by atoms with Crippen LogP contribution in [-0.4, -0.2) is 141 Å². The second kappa shape index (κ2) is 34.5. The monoisotopic (exact) mass is 1600 g/mol. The Labute approximate surface area is 603 Å². The van der Waals surface area contributed by atoms with Gasteiger partial charge in [-0.1, -0.05) is 18.2 Å². The van der Waals surface area contributed by atoms with Gasteiger partial charge in [0.1, 0.15) is 17.1 Å². The molecule has 105 heavy (non-hydrogen) atoms. The van der Waals surface area contributed by atoms with E-state index in [9.17, 15) is 67.1 Å². The number of morpholine rings is 3. The Hall–Kier alpha value is -11.0.